The van der Waals surface area contributed by atoms with Crippen LogP contribution in [0.3, 0.4) is 0 Å². The van der Waals surface area contributed by atoms with Crippen molar-refractivity contribution in [3.8, 4) is 0 Å². The van der Waals surface area contributed by atoms with Gasteiger partial charge in [-0.05, 0) is 29.8 Å². The topological polar surface area (TPSA) is 98.3 Å². The number of nitrogens with zero attached hydrogens (tertiary/aromatic N) is 4. The third-order valence-electron chi connectivity index (χ3n) is 3.65. The summed E-state index contributed by atoms with van der Waals surface area (Å²) in [5.41, 5.74) is 5.64. The molecule has 3 rings (SSSR count). The van der Waals surface area contributed by atoms with Gasteiger partial charge in [0.1, 0.15) is 0 Å². The van der Waals surface area contributed by atoms with Crippen LogP contribution in [0.5, 0.6) is 0 Å². The Morgan fingerprint density at radius 3 is 2.64 bits per heavy atom. The van der Waals surface area contributed by atoms with Gasteiger partial charge in [-0.25, -0.2) is 10.5 Å². The summed E-state index contributed by atoms with van der Waals surface area (Å²) in [5.74, 6) is 0.509. The van der Waals surface area contributed by atoms with Gasteiger partial charge in [0.05, 0.1) is 12.0 Å². The molecule has 8 nitrogen and oxygen atoms in total. The molecular weight excluding hydrogens is 374 g/mol. The highest BCUT2D eigenvalue weighted by Gasteiger charge is 2.07. The summed E-state index contributed by atoms with van der Waals surface area (Å²) in [4.78, 5) is 18.2. The zero-order valence-electron chi connectivity index (χ0n) is 15.6. The summed E-state index contributed by atoms with van der Waals surface area (Å²) in [7, 11) is 3.99. The number of carbonyl (C=O) groups excluding carboxylic acids is 1. The molecule has 1 aromatic heterocycles. The van der Waals surface area contributed by atoms with E-state index in [1.165, 1.54) is 11.8 Å². The van der Waals surface area contributed by atoms with Crippen LogP contribution in [-0.2, 0) is 4.79 Å². The number of H-pyrrole nitrogens is 1. The van der Waals surface area contributed by atoms with E-state index in [1.807, 2.05) is 73.6 Å². The van der Waals surface area contributed by atoms with Crippen molar-refractivity contribution in [2.45, 2.75) is 5.16 Å². The number of benzene rings is 2. The normalized spacial score (nSPS) is 10.8. The summed E-state index contributed by atoms with van der Waals surface area (Å²) in [6, 6.07) is 17.3. The molecule has 0 saturated heterocycles. The molecule has 3 N–H and O–H groups in total. The number of aromatic amines is 1. The van der Waals surface area contributed by atoms with E-state index >= 15 is 0 Å². The van der Waals surface area contributed by atoms with E-state index in [2.05, 4.69) is 31.0 Å². The first-order valence-electron chi connectivity index (χ1n) is 8.57. The number of carbonyl (C=O) groups is 1. The minimum absolute atomic E-state index is 0.116. The molecule has 0 atom stereocenters. The van der Waals surface area contributed by atoms with Crippen molar-refractivity contribution in [1.29, 1.82) is 0 Å². The number of aromatic nitrogens is 3. The molecule has 2 aromatic carbocycles. The average molecular weight is 395 g/mol. The summed E-state index contributed by atoms with van der Waals surface area (Å²) >= 11 is 1.24. The molecule has 0 saturated carbocycles. The first-order valence-corrected chi connectivity index (χ1v) is 9.55. The van der Waals surface area contributed by atoms with Crippen molar-refractivity contribution in [1.82, 2.24) is 15.2 Å². The number of amides is 1. The van der Waals surface area contributed by atoms with E-state index in [9.17, 15) is 4.79 Å². The summed E-state index contributed by atoms with van der Waals surface area (Å²) in [6.45, 7) is 0. The molecule has 0 radical (unpaired) electrons. The predicted molar refractivity (Wildman–Crippen MR) is 114 cm³/mol. The maximum Gasteiger partial charge on any atom is 0.240 e. The maximum atomic E-state index is 11.9. The van der Waals surface area contributed by atoms with Gasteiger partial charge in [-0.1, -0.05) is 42.1 Å². The highest BCUT2D eigenvalue weighted by molar-refractivity contribution is 7.99. The van der Waals surface area contributed by atoms with E-state index in [1.54, 1.807) is 6.21 Å². The van der Waals surface area contributed by atoms with Crippen LogP contribution < -0.4 is 15.6 Å². The minimum atomic E-state index is -0.116. The minimum Gasteiger partial charge on any atom is -0.378 e. The Bertz CT molecular complexity index is 923. The monoisotopic (exact) mass is 395 g/mol. The lowest BCUT2D eigenvalue weighted by molar-refractivity contribution is -0.113. The molecule has 0 spiro atoms. The number of rotatable bonds is 8. The van der Waals surface area contributed by atoms with Gasteiger partial charge in [0.2, 0.25) is 17.0 Å². The van der Waals surface area contributed by atoms with Crippen LogP contribution in [0, 0.1) is 0 Å². The second-order valence-corrected chi connectivity index (χ2v) is 6.97. The van der Waals surface area contributed by atoms with E-state index < -0.39 is 0 Å². The lowest BCUT2D eigenvalue weighted by atomic mass is 10.2. The summed E-state index contributed by atoms with van der Waals surface area (Å²) < 4.78 is 0. The average Bonchev–Trinajstić information content (AvgIpc) is 3.15. The van der Waals surface area contributed by atoms with Crippen molar-refractivity contribution in [2.75, 3.05) is 35.5 Å². The van der Waals surface area contributed by atoms with Gasteiger partial charge in [-0.15, -0.1) is 5.10 Å². The van der Waals surface area contributed by atoms with Gasteiger partial charge >= 0.3 is 0 Å². The Labute approximate surface area is 167 Å². The molecule has 0 aliphatic heterocycles. The van der Waals surface area contributed by atoms with E-state index in [0.717, 1.165) is 16.9 Å². The standard InChI is InChI=1S/C19H21N7OS/c1-26(2)16-10-8-14(9-11-16)12-20-23-18-22-19(25-24-18)28-13-17(27)21-15-6-4-3-5-7-15/h3-12H,13H2,1-2H3,(H,21,27)(H2,22,23,24,25)/b20-12-. The fraction of sp³-hybridized carbons (Fsp3) is 0.158. The van der Waals surface area contributed by atoms with Crippen LogP contribution in [0.1, 0.15) is 5.56 Å². The van der Waals surface area contributed by atoms with Gasteiger partial charge in [-0.3, -0.25) is 4.79 Å². The van der Waals surface area contributed by atoms with Crippen molar-refractivity contribution >= 4 is 41.2 Å². The second-order valence-electron chi connectivity index (χ2n) is 6.03. The molecule has 0 unspecified atom stereocenters. The van der Waals surface area contributed by atoms with Crippen LogP contribution in [-0.4, -0.2) is 47.2 Å². The number of hydrogen-bond acceptors (Lipinski definition) is 7. The van der Waals surface area contributed by atoms with Crippen LogP contribution >= 0.6 is 11.8 Å². The largest absolute Gasteiger partial charge is 0.378 e. The number of nitrogens with one attached hydrogen (secondary N) is 3. The first kappa shape index (κ1) is 19.4. The van der Waals surface area contributed by atoms with Crippen LogP contribution in [0.15, 0.2) is 64.9 Å². The van der Waals surface area contributed by atoms with Gasteiger partial charge in [0.15, 0.2) is 0 Å². The molecule has 0 fully saturated rings. The molecular formula is C19H21N7OS. The zero-order valence-corrected chi connectivity index (χ0v) is 16.4. The fourth-order valence-electron chi connectivity index (χ4n) is 2.24. The first-order chi connectivity index (χ1) is 13.6. The molecule has 3 aromatic rings. The Morgan fingerprint density at radius 1 is 1.18 bits per heavy atom. The predicted octanol–water partition coefficient (Wildman–Crippen LogP) is 3.05. The number of anilines is 3. The highest BCUT2D eigenvalue weighted by atomic mass is 32.2. The number of thioether (sulfide) groups is 1. The van der Waals surface area contributed by atoms with Gasteiger partial charge in [0.25, 0.3) is 0 Å². The van der Waals surface area contributed by atoms with Gasteiger partial charge < -0.3 is 10.2 Å². The van der Waals surface area contributed by atoms with E-state index in [0.29, 0.717) is 11.1 Å². The maximum absolute atomic E-state index is 11.9. The number of hydrogen-bond donors (Lipinski definition) is 3. The Kier molecular flexibility index (Phi) is 6.64. The quantitative estimate of drug-likeness (QED) is 0.308. The molecule has 0 aliphatic carbocycles. The molecule has 1 amide bonds. The Hall–Kier alpha value is -3.33. The molecule has 144 valence electrons. The van der Waals surface area contributed by atoms with Crippen LogP contribution in [0.2, 0.25) is 0 Å². The SMILES string of the molecule is CN(C)c1ccc(/C=N\Nc2nc(SCC(=O)Nc3ccccc3)n[nH]2)cc1. The van der Waals surface area contributed by atoms with Crippen molar-refractivity contribution in [3.63, 3.8) is 0 Å². The fourth-order valence-corrected chi connectivity index (χ4v) is 2.83. The third-order valence-corrected chi connectivity index (χ3v) is 4.50. The number of hydrazone groups is 1. The lowest BCUT2D eigenvalue weighted by Gasteiger charge is -2.11. The third kappa shape index (κ3) is 5.85. The van der Waals surface area contributed by atoms with Crippen LogP contribution in [0.4, 0.5) is 17.3 Å². The Balaban J connectivity index is 1.45. The molecule has 0 aliphatic rings. The Morgan fingerprint density at radius 2 is 1.93 bits per heavy atom. The molecule has 9 heteroatoms. The number of para-hydroxylation sites is 1. The van der Waals surface area contributed by atoms with E-state index in [-0.39, 0.29) is 11.7 Å². The van der Waals surface area contributed by atoms with Crippen molar-refractivity contribution in [3.05, 3.63) is 60.2 Å². The van der Waals surface area contributed by atoms with Crippen molar-refractivity contribution < 1.29 is 4.79 Å². The van der Waals surface area contributed by atoms with Crippen LogP contribution in [0.25, 0.3) is 0 Å². The molecule has 0 bridgehead atoms. The second kappa shape index (κ2) is 9.56. The zero-order chi connectivity index (χ0) is 19.8. The van der Waals surface area contributed by atoms with Gasteiger partial charge in [-0.2, -0.15) is 10.1 Å². The summed E-state index contributed by atoms with van der Waals surface area (Å²) in [6.07, 6.45) is 1.70. The highest BCUT2D eigenvalue weighted by Crippen LogP contribution is 2.15. The smallest absolute Gasteiger partial charge is 0.240 e. The van der Waals surface area contributed by atoms with Gasteiger partial charge in [0, 0.05) is 25.5 Å². The lowest BCUT2D eigenvalue weighted by Crippen LogP contribution is -2.13. The molecule has 1 heterocycles. The summed E-state index contributed by atoms with van der Waals surface area (Å²) in [5, 5.41) is 14.2. The van der Waals surface area contributed by atoms with E-state index in [4.69, 9.17) is 0 Å². The van der Waals surface area contributed by atoms with Crippen molar-refractivity contribution in [2.24, 2.45) is 5.10 Å². The molecule has 28 heavy (non-hydrogen) atoms.